The third kappa shape index (κ3) is 6.84. The van der Waals surface area contributed by atoms with E-state index in [1.807, 2.05) is 0 Å². The second-order valence-electron chi connectivity index (χ2n) is 5.37. The summed E-state index contributed by atoms with van der Waals surface area (Å²) in [4.78, 5) is 30.4. The molecule has 0 aromatic heterocycles. The van der Waals surface area contributed by atoms with Crippen LogP contribution in [0.4, 0.5) is 9.59 Å². The van der Waals surface area contributed by atoms with E-state index in [0.29, 0.717) is 0 Å². The van der Waals surface area contributed by atoms with E-state index in [9.17, 15) is 44.6 Å². The number of rotatable bonds is 8. The molecule has 158 valence electrons. The lowest BCUT2D eigenvalue weighted by atomic mass is 9.85. The summed E-state index contributed by atoms with van der Waals surface area (Å²) in [6.45, 7) is -1.92. The lowest BCUT2D eigenvalue weighted by Gasteiger charge is -2.41. The maximum absolute atomic E-state index is 11.9. The SMILES string of the molecule is O=C(O)OCC(COP(=O)(O)OC1[C@H](O)[C@H](O)C(O)[C@H](O)[C@H]1O)OC(=O)O. The number of carboxylic acid groups (broad SMARTS) is 2. The monoisotopic (exact) mass is 422 g/mol. The molecule has 0 bridgehead atoms. The Hall–Kier alpha value is -1.55. The molecule has 4 unspecified atom stereocenters. The van der Waals surface area contributed by atoms with Crippen molar-refractivity contribution in [1.29, 1.82) is 0 Å². The van der Waals surface area contributed by atoms with Crippen molar-refractivity contribution in [2.75, 3.05) is 13.2 Å². The summed E-state index contributed by atoms with van der Waals surface area (Å²) in [5, 5.41) is 64.7. The summed E-state index contributed by atoms with van der Waals surface area (Å²) in [5.41, 5.74) is 0. The second kappa shape index (κ2) is 9.59. The zero-order chi connectivity index (χ0) is 20.9. The van der Waals surface area contributed by atoms with Crippen molar-refractivity contribution < 1.29 is 73.3 Å². The van der Waals surface area contributed by atoms with Crippen molar-refractivity contribution >= 4 is 20.1 Å². The Bertz CT molecular complexity index is 552. The fraction of sp³-hybridized carbons (Fsp3) is 0.818. The number of aliphatic hydroxyl groups is 5. The normalized spacial score (nSPS) is 34.3. The molecule has 0 saturated heterocycles. The predicted molar refractivity (Wildman–Crippen MR) is 77.6 cm³/mol. The average Bonchev–Trinajstić information content (AvgIpc) is 2.57. The van der Waals surface area contributed by atoms with Crippen LogP contribution < -0.4 is 0 Å². The highest BCUT2D eigenvalue weighted by Crippen LogP contribution is 2.47. The summed E-state index contributed by atoms with van der Waals surface area (Å²) in [6, 6.07) is 0. The van der Waals surface area contributed by atoms with E-state index in [1.165, 1.54) is 0 Å². The van der Waals surface area contributed by atoms with Gasteiger partial charge in [-0.1, -0.05) is 0 Å². The van der Waals surface area contributed by atoms with E-state index in [-0.39, 0.29) is 0 Å². The Labute approximate surface area is 150 Å². The Kier molecular flexibility index (Phi) is 8.34. The smallest absolute Gasteiger partial charge is 0.450 e. The van der Waals surface area contributed by atoms with Crippen molar-refractivity contribution in [2.45, 2.75) is 42.7 Å². The molecule has 0 radical (unpaired) electrons. The molecule has 15 nitrogen and oxygen atoms in total. The van der Waals surface area contributed by atoms with Gasteiger partial charge in [-0.15, -0.1) is 0 Å². The molecule has 27 heavy (non-hydrogen) atoms. The lowest BCUT2D eigenvalue weighted by Crippen LogP contribution is -2.64. The second-order valence-corrected chi connectivity index (χ2v) is 6.78. The van der Waals surface area contributed by atoms with Crippen LogP contribution in [0.1, 0.15) is 0 Å². The van der Waals surface area contributed by atoms with Crippen LogP contribution in [0.5, 0.6) is 0 Å². The minimum absolute atomic E-state index is 0.889. The summed E-state index contributed by atoms with van der Waals surface area (Å²) >= 11 is 0. The van der Waals surface area contributed by atoms with Gasteiger partial charge in [-0.2, -0.15) is 0 Å². The molecule has 0 aromatic carbocycles. The van der Waals surface area contributed by atoms with Gasteiger partial charge in [-0.3, -0.25) is 9.05 Å². The van der Waals surface area contributed by atoms with Crippen LogP contribution in [0.2, 0.25) is 0 Å². The third-order valence-corrected chi connectivity index (χ3v) is 4.40. The number of hydrogen-bond acceptors (Lipinski definition) is 12. The van der Waals surface area contributed by atoms with E-state index >= 15 is 0 Å². The largest absolute Gasteiger partial charge is 0.506 e. The number of hydrogen-bond donors (Lipinski definition) is 8. The van der Waals surface area contributed by atoms with Crippen LogP contribution in [0.25, 0.3) is 0 Å². The Morgan fingerprint density at radius 2 is 1.33 bits per heavy atom. The van der Waals surface area contributed by atoms with E-state index in [1.54, 1.807) is 0 Å². The van der Waals surface area contributed by atoms with Crippen LogP contribution in [0.3, 0.4) is 0 Å². The fourth-order valence-corrected chi connectivity index (χ4v) is 3.08. The first-order chi connectivity index (χ1) is 12.4. The maximum atomic E-state index is 11.9. The van der Waals surface area contributed by atoms with E-state index in [0.717, 1.165) is 0 Å². The zero-order valence-electron chi connectivity index (χ0n) is 13.3. The van der Waals surface area contributed by atoms with Crippen molar-refractivity contribution in [3.63, 3.8) is 0 Å². The highest BCUT2D eigenvalue weighted by atomic mass is 31.2. The molecule has 8 atom stereocenters. The van der Waals surface area contributed by atoms with Crippen LogP contribution in [0, 0.1) is 0 Å². The number of ether oxygens (including phenoxy) is 2. The molecular weight excluding hydrogens is 403 g/mol. The van der Waals surface area contributed by atoms with Gasteiger partial charge in [0, 0.05) is 0 Å². The lowest BCUT2D eigenvalue weighted by molar-refractivity contribution is -0.220. The summed E-state index contributed by atoms with van der Waals surface area (Å²) < 4.78 is 29.0. The zero-order valence-corrected chi connectivity index (χ0v) is 14.2. The van der Waals surface area contributed by atoms with Gasteiger partial charge in [-0.05, 0) is 0 Å². The first kappa shape index (κ1) is 23.5. The molecule has 1 aliphatic rings. The summed E-state index contributed by atoms with van der Waals surface area (Å²) in [6.07, 6.45) is -17.6. The minimum atomic E-state index is -5.15. The Balaban J connectivity index is 2.73. The van der Waals surface area contributed by atoms with Gasteiger partial charge in [0.05, 0.1) is 6.61 Å². The van der Waals surface area contributed by atoms with Crippen molar-refractivity contribution in [3.8, 4) is 0 Å². The van der Waals surface area contributed by atoms with Crippen LogP contribution in [-0.4, -0.2) is 109 Å². The van der Waals surface area contributed by atoms with Crippen LogP contribution in [-0.2, 0) is 23.1 Å². The van der Waals surface area contributed by atoms with Gasteiger partial charge >= 0.3 is 20.1 Å². The molecule has 0 aliphatic heterocycles. The van der Waals surface area contributed by atoms with Crippen molar-refractivity contribution in [1.82, 2.24) is 0 Å². The third-order valence-electron chi connectivity index (χ3n) is 3.41. The summed E-state index contributed by atoms with van der Waals surface area (Å²) in [5.74, 6) is 0. The number of phosphoric ester groups is 1. The van der Waals surface area contributed by atoms with Crippen molar-refractivity contribution in [3.05, 3.63) is 0 Å². The van der Waals surface area contributed by atoms with E-state index in [4.69, 9.17) is 10.2 Å². The fourth-order valence-electron chi connectivity index (χ4n) is 2.11. The van der Waals surface area contributed by atoms with Gasteiger partial charge < -0.3 is 50.1 Å². The van der Waals surface area contributed by atoms with Gasteiger partial charge in [0.15, 0.2) is 6.10 Å². The highest BCUT2D eigenvalue weighted by molar-refractivity contribution is 7.47. The Morgan fingerprint density at radius 1 is 0.852 bits per heavy atom. The summed E-state index contributed by atoms with van der Waals surface area (Å²) in [7, 11) is -5.15. The number of carbonyl (C=O) groups is 2. The molecule has 1 rings (SSSR count). The molecule has 0 spiro atoms. The van der Waals surface area contributed by atoms with Gasteiger partial charge in [0.25, 0.3) is 0 Å². The standard InChI is InChI=1S/C11H19O15P/c12-4-5(13)7(15)9(8(16)6(4)14)26-27(21,22)24-2-3(25-11(19)20)1-23-10(17)18/h3-9,12-16H,1-2H2,(H,17,18)(H,19,20)(H,21,22)/t3?,4?,5-,6+,7-,8-,9?/m1/s1. The Morgan fingerprint density at radius 3 is 1.78 bits per heavy atom. The van der Waals surface area contributed by atoms with Crippen LogP contribution >= 0.6 is 7.82 Å². The quantitative estimate of drug-likeness (QED) is 0.144. The van der Waals surface area contributed by atoms with Crippen molar-refractivity contribution in [2.24, 2.45) is 0 Å². The first-order valence-electron chi connectivity index (χ1n) is 7.17. The molecule has 16 heteroatoms. The van der Waals surface area contributed by atoms with Gasteiger partial charge in [-0.25, -0.2) is 14.2 Å². The molecule has 0 amide bonds. The molecule has 0 heterocycles. The van der Waals surface area contributed by atoms with Gasteiger partial charge in [0.1, 0.15) is 43.2 Å². The molecule has 8 N–H and O–H groups in total. The molecule has 1 saturated carbocycles. The number of aliphatic hydroxyl groups excluding tert-OH is 5. The topological polar surface area (TPSA) is 250 Å². The minimum Gasteiger partial charge on any atom is -0.450 e. The predicted octanol–water partition coefficient (Wildman–Crippen LogP) is -2.94. The molecule has 0 aromatic rings. The maximum Gasteiger partial charge on any atom is 0.506 e. The van der Waals surface area contributed by atoms with E-state index < -0.39 is 76.1 Å². The average molecular weight is 422 g/mol. The first-order valence-corrected chi connectivity index (χ1v) is 8.66. The molecule has 1 aliphatic carbocycles. The van der Waals surface area contributed by atoms with Gasteiger partial charge in [0.2, 0.25) is 0 Å². The molecular formula is C11H19O15P. The highest BCUT2D eigenvalue weighted by Gasteiger charge is 2.51. The van der Waals surface area contributed by atoms with E-state index in [2.05, 4.69) is 18.5 Å². The number of phosphoric acid groups is 1. The molecule has 1 fully saturated rings. The van der Waals surface area contributed by atoms with Crippen LogP contribution in [0.15, 0.2) is 0 Å².